The Morgan fingerprint density at radius 2 is 1.14 bits per heavy atom. The second kappa shape index (κ2) is 11.0. The summed E-state index contributed by atoms with van der Waals surface area (Å²) in [6.45, 7) is 0. The number of carbonyl (C=O) groups is 2. The first kappa shape index (κ1) is 25.4. The number of benzene rings is 4. The van der Waals surface area contributed by atoms with Crippen LogP contribution in [0.3, 0.4) is 0 Å². The summed E-state index contributed by atoms with van der Waals surface area (Å²) in [7, 11) is 0. The number of alkyl halides is 3. The largest absolute Gasteiger partial charge is 0.478 e. The molecule has 4 rings (SSSR count). The van der Waals surface area contributed by atoms with Gasteiger partial charge in [0.15, 0.2) is 6.04 Å². The third-order valence-electron chi connectivity index (χ3n) is 5.73. The zero-order chi connectivity index (χ0) is 26.4. The monoisotopic (exact) mass is 501 g/mol. The molecule has 0 aromatic heterocycles. The molecule has 1 unspecified atom stereocenters. The molecule has 0 aliphatic rings. The van der Waals surface area contributed by atoms with Gasteiger partial charge in [-0.2, -0.15) is 13.2 Å². The van der Waals surface area contributed by atoms with Crippen molar-refractivity contribution in [2.24, 2.45) is 0 Å². The molecule has 4 nitrogen and oxygen atoms in total. The molecular weight excluding hydrogens is 479 g/mol. The van der Waals surface area contributed by atoms with E-state index in [-0.39, 0.29) is 16.8 Å². The van der Waals surface area contributed by atoms with Crippen LogP contribution in [0.25, 0.3) is 5.57 Å². The predicted octanol–water partition coefficient (Wildman–Crippen LogP) is 7.15. The highest BCUT2D eigenvalue weighted by Gasteiger charge is 2.47. The summed E-state index contributed by atoms with van der Waals surface area (Å²) >= 11 is 0. The van der Waals surface area contributed by atoms with Gasteiger partial charge in [-0.05, 0) is 46.5 Å². The highest BCUT2D eigenvalue weighted by molar-refractivity contribution is 6.07. The Balaban J connectivity index is 1.84. The molecule has 0 saturated heterocycles. The van der Waals surface area contributed by atoms with Crippen LogP contribution >= 0.6 is 0 Å². The van der Waals surface area contributed by atoms with Crippen LogP contribution in [-0.4, -0.2) is 23.2 Å². The average Bonchev–Trinajstić information content (AvgIpc) is 2.91. The van der Waals surface area contributed by atoms with Gasteiger partial charge in [0.1, 0.15) is 0 Å². The molecule has 0 radical (unpaired) electrons. The maximum Gasteiger partial charge on any atom is 0.413 e. The minimum absolute atomic E-state index is 0.0199. The lowest BCUT2D eigenvalue weighted by atomic mass is 9.96. The molecule has 0 aliphatic heterocycles. The van der Waals surface area contributed by atoms with E-state index in [0.717, 1.165) is 11.0 Å². The smallest absolute Gasteiger partial charge is 0.413 e. The van der Waals surface area contributed by atoms with E-state index >= 15 is 0 Å². The first-order valence-electron chi connectivity index (χ1n) is 11.4. The van der Waals surface area contributed by atoms with Crippen molar-refractivity contribution in [2.45, 2.75) is 12.2 Å². The molecule has 0 saturated carbocycles. The Bertz CT molecular complexity index is 1390. The molecule has 0 bridgehead atoms. The van der Waals surface area contributed by atoms with E-state index < -0.39 is 24.1 Å². The number of rotatable bonds is 7. The van der Waals surface area contributed by atoms with Crippen LogP contribution in [0.15, 0.2) is 121 Å². The standard InChI is InChI=1S/C30H22F3NO3/c31-30(32,33)28(23-12-6-2-7-13-23)34(29(37)24-14-8-3-9-15-24)25-18-16-22(17-19-25)26(20-27(35)36)21-10-4-1-5-11-21/h1-20,28H,(H,35,36)/b26-20+. The number of carboxylic acid groups (broad SMARTS) is 1. The van der Waals surface area contributed by atoms with Gasteiger partial charge < -0.3 is 5.11 Å². The summed E-state index contributed by atoms with van der Waals surface area (Å²) in [4.78, 5) is 25.7. The van der Waals surface area contributed by atoms with Crippen LogP contribution in [-0.2, 0) is 4.79 Å². The molecule has 1 N–H and O–H groups in total. The minimum atomic E-state index is -4.77. The topological polar surface area (TPSA) is 57.6 Å². The Morgan fingerprint density at radius 1 is 0.676 bits per heavy atom. The van der Waals surface area contributed by atoms with Crippen molar-refractivity contribution >= 4 is 23.1 Å². The van der Waals surface area contributed by atoms with Crippen LogP contribution in [0.4, 0.5) is 18.9 Å². The van der Waals surface area contributed by atoms with Crippen molar-refractivity contribution in [2.75, 3.05) is 4.90 Å². The number of carboxylic acids is 1. The Hall–Kier alpha value is -4.65. The first-order chi connectivity index (χ1) is 17.8. The van der Waals surface area contributed by atoms with Gasteiger partial charge in [-0.25, -0.2) is 4.79 Å². The molecule has 0 aliphatic carbocycles. The summed E-state index contributed by atoms with van der Waals surface area (Å²) in [5.74, 6) is -1.98. The Labute approximate surface area is 211 Å². The second-order valence-corrected chi connectivity index (χ2v) is 8.21. The minimum Gasteiger partial charge on any atom is -0.478 e. The van der Waals surface area contributed by atoms with E-state index in [1.807, 2.05) is 0 Å². The van der Waals surface area contributed by atoms with Crippen molar-refractivity contribution in [3.05, 3.63) is 144 Å². The fourth-order valence-corrected chi connectivity index (χ4v) is 4.10. The molecular formula is C30H22F3NO3. The molecule has 37 heavy (non-hydrogen) atoms. The second-order valence-electron chi connectivity index (χ2n) is 8.21. The number of hydrogen-bond acceptors (Lipinski definition) is 2. The van der Waals surface area contributed by atoms with Crippen molar-refractivity contribution < 1.29 is 27.9 Å². The highest BCUT2D eigenvalue weighted by Crippen LogP contribution is 2.41. The van der Waals surface area contributed by atoms with E-state index in [2.05, 4.69) is 0 Å². The SMILES string of the molecule is O=C(O)/C=C(\c1ccccc1)c1ccc(N(C(=O)c2ccccc2)C(c2ccccc2)C(F)(F)F)cc1. The molecule has 0 heterocycles. The van der Waals surface area contributed by atoms with Crippen molar-refractivity contribution in [3.63, 3.8) is 0 Å². The van der Waals surface area contributed by atoms with Gasteiger partial charge in [0.25, 0.3) is 5.91 Å². The van der Waals surface area contributed by atoms with Crippen molar-refractivity contribution in [1.29, 1.82) is 0 Å². The van der Waals surface area contributed by atoms with E-state index in [1.54, 1.807) is 54.6 Å². The van der Waals surface area contributed by atoms with E-state index in [0.29, 0.717) is 16.7 Å². The molecule has 0 fully saturated rings. The zero-order valence-electron chi connectivity index (χ0n) is 19.5. The quantitative estimate of drug-likeness (QED) is 0.274. The van der Waals surface area contributed by atoms with Crippen LogP contribution in [0.1, 0.15) is 33.1 Å². The third kappa shape index (κ3) is 5.95. The number of halogens is 3. The van der Waals surface area contributed by atoms with E-state index in [9.17, 15) is 27.9 Å². The summed E-state index contributed by atoms with van der Waals surface area (Å²) in [6, 6.07) is 27.4. The van der Waals surface area contributed by atoms with E-state index in [1.165, 1.54) is 60.7 Å². The first-order valence-corrected chi connectivity index (χ1v) is 11.4. The molecule has 1 atom stereocenters. The number of amides is 1. The summed E-state index contributed by atoms with van der Waals surface area (Å²) in [5.41, 5.74) is 1.54. The van der Waals surface area contributed by atoms with E-state index in [4.69, 9.17) is 0 Å². The summed E-state index contributed by atoms with van der Waals surface area (Å²) < 4.78 is 43.6. The van der Waals surface area contributed by atoms with Crippen LogP contribution in [0.5, 0.6) is 0 Å². The van der Waals surface area contributed by atoms with Gasteiger partial charge in [0.2, 0.25) is 0 Å². The van der Waals surface area contributed by atoms with Crippen LogP contribution < -0.4 is 4.90 Å². The van der Waals surface area contributed by atoms with Gasteiger partial charge in [-0.1, -0.05) is 91.0 Å². The van der Waals surface area contributed by atoms with Gasteiger partial charge >= 0.3 is 12.1 Å². The fraction of sp³-hybridized carbons (Fsp3) is 0.0667. The van der Waals surface area contributed by atoms with Gasteiger partial charge in [0, 0.05) is 17.3 Å². The van der Waals surface area contributed by atoms with Crippen LogP contribution in [0.2, 0.25) is 0 Å². The fourth-order valence-electron chi connectivity index (χ4n) is 4.10. The number of anilines is 1. The summed E-state index contributed by atoms with van der Waals surface area (Å²) in [6.07, 6.45) is -3.73. The molecule has 0 spiro atoms. The number of aliphatic carboxylic acids is 1. The van der Waals surface area contributed by atoms with Crippen molar-refractivity contribution in [3.8, 4) is 0 Å². The molecule has 4 aromatic carbocycles. The Kier molecular flexibility index (Phi) is 7.53. The molecule has 186 valence electrons. The number of carbonyl (C=O) groups excluding carboxylic acids is 1. The number of hydrogen-bond donors (Lipinski definition) is 1. The highest BCUT2D eigenvalue weighted by atomic mass is 19.4. The third-order valence-corrected chi connectivity index (χ3v) is 5.73. The lowest BCUT2D eigenvalue weighted by Gasteiger charge is -2.34. The molecule has 1 amide bonds. The van der Waals surface area contributed by atoms with Crippen molar-refractivity contribution in [1.82, 2.24) is 0 Å². The molecule has 4 aromatic rings. The molecule has 7 heteroatoms. The predicted molar refractivity (Wildman–Crippen MR) is 136 cm³/mol. The van der Waals surface area contributed by atoms with Gasteiger partial charge in [-0.15, -0.1) is 0 Å². The van der Waals surface area contributed by atoms with Crippen LogP contribution in [0, 0.1) is 0 Å². The van der Waals surface area contributed by atoms with Gasteiger partial charge in [-0.3, -0.25) is 9.69 Å². The lowest BCUT2D eigenvalue weighted by molar-refractivity contribution is -0.149. The maximum absolute atomic E-state index is 14.5. The average molecular weight is 502 g/mol. The van der Waals surface area contributed by atoms with Gasteiger partial charge in [0.05, 0.1) is 0 Å². The Morgan fingerprint density at radius 3 is 1.62 bits per heavy atom. The normalized spacial score (nSPS) is 12.6. The zero-order valence-corrected chi connectivity index (χ0v) is 19.5. The summed E-state index contributed by atoms with van der Waals surface area (Å²) in [5, 5.41) is 9.38. The number of nitrogens with zero attached hydrogens (tertiary/aromatic N) is 1. The lowest BCUT2D eigenvalue weighted by Crippen LogP contribution is -2.42. The maximum atomic E-state index is 14.5.